The molecule has 1 saturated carbocycles. The van der Waals surface area contributed by atoms with E-state index in [4.69, 9.17) is 23.2 Å². The number of hydrogen-bond acceptors (Lipinski definition) is 3. The Bertz CT molecular complexity index is 581. The number of carbonyl (C=O) groups excluding carboxylic acids is 2. The number of likely N-dealkylation sites (tertiary alicyclic amines) is 1. The third-order valence-corrected chi connectivity index (χ3v) is 3.97. The van der Waals surface area contributed by atoms with E-state index in [-0.39, 0.29) is 34.3 Å². The summed E-state index contributed by atoms with van der Waals surface area (Å²) in [5.74, 6) is -1.12. The average Bonchev–Trinajstić information content (AvgIpc) is 3.15. The Morgan fingerprint density at radius 1 is 1.20 bits per heavy atom. The fourth-order valence-corrected chi connectivity index (χ4v) is 2.81. The maximum absolute atomic E-state index is 13.3. The molecule has 106 valence electrons. The lowest BCUT2D eigenvalue weighted by Crippen LogP contribution is -2.36. The number of nitrogens with zero attached hydrogens (tertiary/aromatic N) is 1. The predicted octanol–water partition coefficient (Wildman–Crippen LogP) is 2.83. The maximum atomic E-state index is 13.3. The van der Waals surface area contributed by atoms with Crippen molar-refractivity contribution in [2.24, 2.45) is 0 Å². The number of halogens is 3. The van der Waals surface area contributed by atoms with Gasteiger partial charge in [-0.3, -0.25) is 14.5 Å². The van der Waals surface area contributed by atoms with Gasteiger partial charge < -0.3 is 5.32 Å². The topological polar surface area (TPSA) is 49.4 Å². The molecule has 2 aliphatic rings. The van der Waals surface area contributed by atoms with Gasteiger partial charge in [0, 0.05) is 11.7 Å². The number of rotatable bonds is 3. The molecule has 0 aromatic heterocycles. The van der Waals surface area contributed by atoms with E-state index in [2.05, 4.69) is 5.32 Å². The van der Waals surface area contributed by atoms with E-state index in [1.807, 2.05) is 0 Å². The lowest BCUT2D eigenvalue weighted by atomic mass is 10.2. The number of carbonyl (C=O) groups is 2. The number of imide groups is 1. The van der Waals surface area contributed by atoms with Gasteiger partial charge in [0.2, 0.25) is 5.91 Å². The highest BCUT2D eigenvalue weighted by Crippen LogP contribution is 2.33. The Kier molecular flexibility index (Phi) is 3.34. The Morgan fingerprint density at radius 3 is 2.35 bits per heavy atom. The van der Waals surface area contributed by atoms with Gasteiger partial charge >= 0.3 is 0 Å². The lowest BCUT2D eigenvalue weighted by Gasteiger charge is -2.15. The Morgan fingerprint density at radius 2 is 1.80 bits per heavy atom. The summed E-state index contributed by atoms with van der Waals surface area (Å²) in [6.45, 7) is 0. The summed E-state index contributed by atoms with van der Waals surface area (Å²) in [6.07, 6.45) is 1.85. The molecule has 7 heteroatoms. The van der Waals surface area contributed by atoms with Gasteiger partial charge in [0.05, 0.1) is 16.5 Å². The first-order valence-electron chi connectivity index (χ1n) is 6.24. The van der Waals surface area contributed by atoms with E-state index >= 15 is 0 Å². The fraction of sp³-hybridized carbons (Fsp3) is 0.385. The average molecular weight is 317 g/mol. The van der Waals surface area contributed by atoms with Crippen molar-refractivity contribution in [1.82, 2.24) is 4.90 Å². The monoisotopic (exact) mass is 316 g/mol. The molecule has 3 rings (SSSR count). The van der Waals surface area contributed by atoms with E-state index in [1.54, 1.807) is 0 Å². The van der Waals surface area contributed by atoms with Crippen LogP contribution in [0.25, 0.3) is 0 Å². The molecule has 1 aliphatic heterocycles. The maximum Gasteiger partial charge on any atom is 0.252 e. The molecule has 0 bridgehead atoms. The Balaban J connectivity index is 1.78. The van der Waals surface area contributed by atoms with Crippen molar-refractivity contribution in [2.75, 3.05) is 5.32 Å². The molecule has 1 heterocycles. The van der Waals surface area contributed by atoms with Gasteiger partial charge in [-0.05, 0) is 25.0 Å². The van der Waals surface area contributed by atoms with Crippen LogP contribution in [0.3, 0.4) is 0 Å². The van der Waals surface area contributed by atoms with Crippen LogP contribution < -0.4 is 5.32 Å². The predicted molar refractivity (Wildman–Crippen MR) is 73.3 cm³/mol. The SMILES string of the molecule is O=C1CC(Nc2cc(Cl)c(F)c(Cl)c2)C(=O)N1C1CC1. The molecule has 0 spiro atoms. The number of hydrogen-bond donors (Lipinski definition) is 1. The van der Waals surface area contributed by atoms with Gasteiger partial charge in [0.15, 0.2) is 5.82 Å². The molecule has 1 atom stereocenters. The zero-order valence-corrected chi connectivity index (χ0v) is 11.8. The Hall–Kier alpha value is -1.33. The largest absolute Gasteiger partial charge is 0.373 e. The van der Waals surface area contributed by atoms with Crippen molar-refractivity contribution in [3.63, 3.8) is 0 Å². The first kappa shape index (κ1) is 13.6. The van der Waals surface area contributed by atoms with Crippen LogP contribution >= 0.6 is 23.2 Å². The minimum absolute atomic E-state index is 0.0576. The molecule has 1 unspecified atom stereocenters. The number of amides is 2. The highest BCUT2D eigenvalue weighted by molar-refractivity contribution is 6.35. The summed E-state index contributed by atoms with van der Waals surface area (Å²) in [7, 11) is 0. The molecule has 20 heavy (non-hydrogen) atoms. The molecule has 1 aromatic rings. The highest BCUT2D eigenvalue weighted by atomic mass is 35.5. The molecular weight excluding hydrogens is 306 g/mol. The Labute approximate surface area is 124 Å². The van der Waals surface area contributed by atoms with Crippen molar-refractivity contribution in [3.8, 4) is 0 Å². The van der Waals surface area contributed by atoms with Crippen LogP contribution in [-0.4, -0.2) is 28.8 Å². The van der Waals surface area contributed by atoms with Crippen LogP contribution in [0.2, 0.25) is 10.0 Å². The summed E-state index contributed by atoms with van der Waals surface area (Å²) in [5.41, 5.74) is 0.421. The third kappa shape index (κ3) is 2.36. The second-order valence-corrected chi connectivity index (χ2v) is 5.80. The van der Waals surface area contributed by atoms with Gasteiger partial charge in [-0.25, -0.2) is 4.39 Å². The molecule has 0 radical (unpaired) electrons. The van der Waals surface area contributed by atoms with Crippen molar-refractivity contribution in [2.45, 2.75) is 31.3 Å². The molecular formula is C13H11Cl2FN2O2. The van der Waals surface area contributed by atoms with E-state index in [1.165, 1.54) is 17.0 Å². The summed E-state index contributed by atoms with van der Waals surface area (Å²) in [4.78, 5) is 25.3. The second kappa shape index (κ2) is 4.90. The fourth-order valence-electron chi connectivity index (χ4n) is 2.32. The molecule has 4 nitrogen and oxygen atoms in total. The number of anilines is 1. The van der Waals surface area contributed by atoms with E-state index in [0.29, 0.717) is 5.69 Å². The summed E-state index contributed by atoms with van der Waals surface area (Å²) < 4.78 is 13.3. The molecule has 2 amide bonds. The zero-order chi connectivity index (χ0) is 14.4. The lowest BCUT2D eigenvalue weighted by molar-refractivity contribution is -0.139. The summed E-state index contributed by atoms with van der Waals surface area (Å²) in [6, 6.07) is 2.11. The van der Waals surface area contributed by atoms with Crippen LogP contribution in [0.1, 0.15) is 19.3 Å². The van der Waals surface area contributed by atoms with Gasteiger partial charge in [0.25, 0.3) is 5.91 Å². The van der Waals surface area contributed by atoms with Gasteiger partial charge in [-0.2, -0.15) is 0 Å². The second-order valence-electron chi connectivity index (χ2n) is 4.99. The van der Waals surface area contributed by atoms with Gasteiger partial charge in [-0.15, -0.1) is 0 Å². The van der Waals surface area contributed by atoms with E-state index < -0.39 is 11.9 Å². The van der Waals surface area contributed by atoms with Crippen LogP contribution in [0.5, 0.6) is 0 Å². The molecule has 2 fully saturated rings. The zero-order valence-electron chi connectivity index (χ0n) is 10.3. The van der Waals surface area contributed by atoms with Crippen LogP contribution in [-0.2, 0) is 9.59 Å². The summed E-state index contributed by atoms with van der Waals surface area (Å²) >= 11 is 11.4. The van der Waals surface area contributed by atoms with Crippen LogP contribution in [0.4, 0.5) is 10.1 Å². The normalized spacial score (nSPS) is 22.6. The van der Waals surface area contributed by atoms with Crippen LogP contribution in [0.15, 0.2) is 12.1 Å². The van der Waals surface area contributed by atoms with Gasteiger partial charge in [0.1, 0.15) is 6.04 Å². The van der Waals surface area contributed by atoms with E-state index in [0.717, 1.165) is 12.8 Å². The van der Waals surface area contributed by atoms with Crippen LogP contribution in [0, 0.1) is 5.82 Å². The first-order valence-corrected chi connectivity index (χ1v) is 7.00. The number of nitrogens with one attached hydrogen (secondary N) is 1. The molecule has 1 aromatic carbocycles. The first-order chi connectivity index (χ1) is 9.47. The minimum Gasteiger partial charge on any atom is -0.373 e. The van der Waals surface area contributed by atoms with Gasteiger partial charge in [-0.1, -0.05) is 23.2 Å². The van der Waals surface area contributed by atoms with Crippen molar-refractivity contribution >= 4 is 40.7 Å². The minimum atomic E-state index is -0.702. The standard InChI is InChI=1S/C13H11Cl2FN2O2/c14-8-3-6(4-9(15)12(8)16)17-10-5-11(19)18(13(10)20)7-1-2-7/h3-4,7,10,17H,1-2,5H2. The number of benzene rings is 1. The quantitative estimate of drug-likeness (QED) is 0.689. The van der Waals surface area contributed by atoms with Crippen molar-refractivity contribution in [3.05, 3.63) is 28.0 Å². The molecule has 1 aliphatic carbocycles. The van der Waals surface area contributed by atoms with Crippen molar-refractivity contribution in [1.29, 1.82) is 0 Å². The smallest absolute Gasteiger partial charge is 0.252 e. The van der Waals surface area contributed by atoms with E-state index in [9.17, 15) is 14.0 Å². The molecule has 1 N–H and O–H groups in total. The summed E-state index contributed by atoms with van der Waals surface area (Å²) in [5, 5.41) is 2.64. The third-order valence-electron chi connectivity index (χ3n) is 3.42. The molecule has 1 saturated heterocycles. The van der Waals surface area contributed by atoms with Crippen molar-refractivity contribution < 1.29 is 14.0 Å². The highest BCUT2D eigenvalue weighted by Gasteiger charge is 2.46.